The van der Waals surface area contributed by atoms with E-state index in [4.69, 9.17) is 4.42 Å². The molecule has 0 fully saturated rings. The van der Waals surface area contributed by atoms with E-state index in [1.807, 2.05) is 23.7 Å². The van der Waals surface area contributed by atoms with E-state index in [2.05, 4.69) is 42.6 Å². The van der Waals surface area contributed by atoms with E-state index >= 15 is 0 Å². The van der Waals surface area contributed by atoms with Gasteiger partial charge in [-0.2, -0.15) is 0 Å². The van der Waals surface area contributed by atoms with Crippen molar-refractivity contribution in [1.82, 2.24) is 5.32 Å². The molecule has 0 aliphatic heterocycles. The lowest BCUT2D eigenvalue weighted by Crippen LogP contribution is -2.20. The van der Waals surface area contributed by atoms with Gasteiger partial charge < -0.3 is 9.73 Å². The van der Waals surface area contributed by atoms with Crippen LogP contribution in [0.25, 0.3) is 10.1 Å². The maximum absolute atomic E-state index is 5.20. The molecule has 0 radical (unpaired) electrons. The topological polar surface area (TPSA) is 25.2 Å². The highest BCUT2D eigenvalue weighted by Gasteiger charge is 2.16. The Labute approximate surface area is 110 Å². The second-order valence-corrected chi connectivity index (χ2v) is 5.35. The number of rotatable bonds is 4. The molecule has 1 aromatic carbocycles. The maximum atomic E-state index is 5.20. The zero-order valence-electron chi connectivity index (χ0n) is 10.2. The molecule has 0 saturated heterocycles. The molecule has 0 spiro atoms. The Bertz CT molecular complexity index is 594. The van der Waals surface area contributed by atoms with Gasteiger partial charge in [-0.25, -0.2) is 0 Å². The van der Waals surface area contributed by atoms with Gasteiger partial charge in [0.2, 0.25) is 0 Å². The molecule has 2 aromatic heterocycles. The highest BCUT2D eigenvalue weighted by Crippen LogP contribution is 2.33. The first-order chi connectivity index (χ1) is 8.88. The van der Waals surface area contributed by atoms with E-state index in [-0.39, 0.29) is 6.04 Å². The second-order valence-electron chi connectivity index (χ2n) is 4.23. The summed E-state index contributed by atoms with van der Waals surface area (Å²) in [5, 5.41) is 4.82. The van der Waals surface area contributed by atoms with E-state index in [0.29, 0.717) is 0 Å². The van der Waals surface area contributed by atoms with Crippen molar-refractivity contribution in [1.29, 1.82) is 0 Å². The fourth-order valence-corrected chi connectivity index (χ4v) is 3.34. The summed E-state index contributed by atoms with van der Waals surface area (Å²) in [6, 6.07) is 13.0. The van der Waals surface area contributed by atoms with Crippen LogP contribution in [-0.4, -0.2) is 6.54 Å². The van der Waals surface area contributed by atoms with Crippen LogP contribution in [0.15, 0.2) is 53.3 Å². The first-order valence-corrected chi connectivity index (χ1v) is 6.94. The van der Waals surface area contributed by atoms with E-state index in [1.54, 1.807) is 6.26 Å². The number of benzene rings is 1. The van der Waals surface area contributed by atoms with Gasteiger partial charge in [0.05, 0.1) is 18.6 Å². The number of furan rings is 1. The zero-order chi connectivity index (χ0) is 12.4. The molecule has 3 aromatic rings. The lowest BCUT2D eigenvalue weighted by Gasteiger charge is -2.14. The molecule has 92 valence electrons. The van der Waals surface area contributed by atoms with E-state index in [9.17, 15) is 0 Å². The third kappa shape index (κ3) is 2.07. The molecule has 18 heavy (non-hydrogen) atoms. The van der Waals surface area contributed by atoms with Gasteiger partial charge in [-0.3, -0.25) is 0 Å². The first-order valence-electron chi connectivity index (χ1n) is 6.12. The summed E-state index contributed by atoms with van der Waals surface area (Å²) >= 11 is 1.84. The average molecular weight is 257 g/mol. The predicted molar refractivity (Wildman–Crippen MR) is 76.1 cm³/mol. The van der Waals surface area contributed by atoms with Crippen LogP contribution in [-0.2, 0) is 0 Å². The van der Waals surface area contributed by atoms with Gasteiger partial charge in [-0.05, 0) is 30.1 Å². The van der Waals surface area contributed by atoms with E-state index < -0.39 is 0 Å². The summed E-state index contributed by atoms with van der Waals surface area (Å²) in [7, 11) is 0. The van der Waals surface area contributed by atoms with Gasteiger partial charge in [0.15, 0.2) is 0 Å². The fraction of sp³-hybridized carbons (Fsp3) is 0.200. The predicted octanol–water partition coefficient (Wildman–Crippen LogP) is 4.19. The third-order valence-electron chi connectivity index (χ3n) is 3.01. The Kier molecular flexibility index (Phi) is 3.17. The van der Waals surface area contributed by atoms with Crippen LogP contribution in [0.1, 0.15) is 23.4 Å². The summed E-state index contributed by atoms with van der Waals surface area (Å²) in [5.74, 6) is 0. The lowest BCUT2D eigenvalue weighted by molar-refractivity contribution is 0.554. The van der Waals surface area contributed by atoms with Crippen molar-refractivity contribution in [3.8, 4) is 0 Å². The average Bonchev–Trinajstić information content (AvgIpc) is 3.04. The largest absolute Gasteiger partial charge is 0.472 e. The molecule has 3 heteroatoms. The van der Waals surface area contributed by atoms with E-state index in [1.165, 1.54) is 20.5 Å². The van der Waals surface area contributed by atoms with Crippen molar-refractivity contribution in [3.05, 3.63) is 59.4 Å². The van der Waals surface area contributed by atoms with Gasteiger partial charge >= 0.3 is 0 Å². The van der Waals surface area contributed by atoms with Crippen molar-refractivity contribution in [2.45, 2.75) is 13.0 Å². The second kappa shape index (κ2) is 4.96. The summed E-state index contributed by atoms with van der Waals surface area (Å²) < 4.78 is 6.53. The third-order valence-corrected chi connectivity index (χ3v) is 4.19. The minimum atomic E-state index is 0.228. The smallest absolute Gasteiger partial charge is 0.0954 e. The summed E-state index contributed by atoms with van der Waals surface area (Å²) in [4.78, 5) is 1.33. The Morgan fingerprint density at radius 3 is 2.89 bits per heavy atom. The molecule has 0 amide bonds. The van der Waals surface area contributed by atoms with Gasteiger partial charge in [-0.15, -0.1) is 11.3 Å². The summed E-state index contributed by atoms with van der Waals surface area (Å²) in [6.45, 7) is 3.06. The fourth-order valence-electron chi connectivity index (χ4n) is 2.17. The Morgan fingerprint density at radius 1 is 1.28 bits per heavy atom. The minimum absolute atomic E-state index is 0.228. The normalized spacial score (nSPS) is 12.9. The standard InChI is InChI=1S/C15H15NOS/c1-2-16-15(12-7-8-17-10-12)14-9-11-5-3-4-6-13(11)18-14/h3-10,15-16H,2H2,1H3. The van der Waals surface area contributed by atoms with Crippen LogP contribution >= 0.6 is 11.3 Å². The van der Waals surface area contributed by atoms with Crippen LogP contribution in [0.2, 0.25) is 0 Å². The van der Waals surface area contributed by atoms with Gasteiger partial charge in [0.1, 0.15) is 0 Å². The monoisotopic (exact) mass is 257 g/mol. The van der Waals surface area contributed by atoms with Crippen molar-refractivity contribution in [2.75, 3.05) is 6.54 Å². The first kappa shape index (κ1) is 11.5. The zero-order valence-corrected chi connectivity index (χ0v) is 11.0. The quantitative estimate of drug-likeness (QED) is 0.758. The van der Waals surface area contributed by atoms with Crippen LogP contribution < -0.4 is 5.32 Å². The molecule has 0 saturated carbocycles. The van der Waals surface area contributed by atoms with Gasteiger partial charge in [0.25, 0.3) is 0 Å². The molecule has 3 rings (SSSR count). The molecule has 0 bridgehead atoms. The lowest BCUT2D eigenvalue weighted by atomic mass is 10.1. The molecule has 2 heterocycles. The minimum Gasteiger partial charge on any atom is -0.472 e. The van der Waals surface area contributed by atoms with Crippen molar-refractivity contribution in [2.24, 2.45) is 0 Å². The SMILES string of the molecule is CCNC(c1ccoc1)c1cc2ccccc2s1. The summed E-state index contributed by atoms with van der Waals surface area (Å²) in [5.41, 5.74) is 1.18. The van der Waals surface area contributed by atoms with Crippen LogP contribution in [0.3, 0.4) is 0 Å². The summed E-state index contributed by atoms with van der Waals surface area (Å²) in [6.07, 6.45) is 3.55. The highest BCUT2D eigenvalue weighted by molar-refractivity contribution is 7.19. The maximum Gasteiger partial charge on any atom is 0.0954 e. The molecule has 0 aliphatic rings. The number of fused-ring (bicyclic) bond motifs is 1. The molecule has 2 nitrogen and oxygen atoms in total. The molecular weight excluding hydrogens is 242 g/mol. The molecular formula is C15H15NOS. The number of nitrogens with one attached hydrogen (secondary N) is 1. The van der Waals surface area contributed by atoms with Gasteiger partial charge in [0, 0.05) is 15.1 Å². The van der Waals surface area contributed by atoms with Crippen molar-refractivity contribution in [3.63, 3.8) is 0 Å². The Balaban J connectivity index is 2.04. The number of hydrogen-bond donors (Lipinski definition) is 1. The van der Waals surface area contributed by atoms with E-state index in [0.717, 1.165) is 6.54 Å². The van der Waals surface area contributed by atoms with Crippen molar-refractivity contribution >= 4 is 21.4 Å². The molecule has 1 atom stereocenters. The Hall–Kier alpha value is -1.58. The van der Waals surface area contributed by atoms with Crippen LogP contribution in [0.5, 0.6) is 0 Å². The van der Waals surface area contributed by atoms with Crippen LogP contribution in [0, 0.1) is 0 Å². The molecule has 1 N–H and O–H groups in total. The highest BCUT2D eigenvalue weighted by atomic mass is 32.1. The Morgan fingerprint density at radius 2 is 2.17 bits per heavy atom. The molecule has 1 unspecified atom stereocenters. The number of thiophene rings is 1. The van der Waals surface area contributed by atoms with Gasteiger partial charge in [-0.1, -0.05) is 25.1 Å². The molecule has 0 aliphatic carbocycles. The van der Waals surface area contributed by atoms with Crippen LogP contribution in [0.4, 0.5) is 0 Å². The van der Waals surface area contributed by atoms with Crippen molar-refractivity contribution < 1.29 is 4.42 Å². The number of hydrogen-bond acceptors (Lipinski definition) is 3.